The summed E-state index contributed by atoms with van der Waals surface area (Å²) in [6.07, 6.45) is 6.33. The maximum atomic E-state index is 12.6. The summed E-state index contributed by atoms with van der Waals surface area (Å²) in [6.45, 7) is 0.709. The number of amides is 3. The largest absolute Gasteiger partial charge is 0.355 e. The van der Waals surface area contributed by atoms with Crippen LogP contribution >= 0.6 is 0 Å². The molecule has 2 aliphatic rings. The van der Waals surface area contributed by atoms with Crippen LogP contribution in [0.2, 0.25) is 0 Å². The lowest BCUT2D eigenvalue weighted by atomic mass is 9.96. The van der Waals surface area contributed by atoms with E-state index < -0.39 is 10.0 Å². The van der Waals surface area contributed by atoms with Crippen molar-refractivity contribution in [2.45, 2.75) is 51.0 Å². The van der Waals surface area contributed by atoms with Gasteiger partial charge in [-0.05, 0) is 30.9 Å². The first kappa shape index (κ1) is 21.4. The van der Waals surface area contributed by atoms with Crippen LogP contribution in [0.5, 0.6) is 0 Å². The molecule has 1 saturated carbocycles. The Morgan fingerprint density at radius 1 is 1.03 bits per heavy atom. The molecule has 1 aromatic carbocycles. The van der Waals surface area contributed by atoms with Crippen molar-refractivity contribution in [3.63, 3.8) is 0 Å². The summed E-state index contributed by atoms with van der Waals surface area (Å²) < 4.78 is 26.6. The lowest BCUT2D eigenvalue weighted by molar-refractivity contribution is -0.120. The summed E-state index contributed by atoms with van der Waals surface area (Å²) in [5, 5.41) is 8.24. The molecule has 9 heteroatoms. The summed E-state index contributed by atoms with van der Waals surface area (Å²) in [7, 11) is -3.48. The lowest BCUT2D eigenvalue weighted by Gasteiger charge is -2.22. The van der Waals surface area contributed by atoms with Crippen LogP contribution < -0.4 is 20.3 Å². The molecule has 8 nitrogen and oxygen atoms in total. The number of hydrogen-bond acceptors (Lipinski definition) is 4. The average molecular weight is 423 g/mol. The van der Waals surface area contributed by atoms with Gasteiger partial charge in [-0.1, -0.05) is 37.5 Å². The van der Waals surface area contributed by atoms with Gasteiger partial charge in [-0.3, -0.25) is 9.10 Å². The molecule has 1 aromatic rings. The van der Waals surface area contributed by atoms with Gasteiger partial charge in [0.2, 0.25) is 15.9 Å². The molecule has 3 N–H and O–H groups in total. The number of nitrogens with one attached hydrogen (secondary N) is 3. The minimum absolute atomic E-state index is 0.0497. The van der Waals surface area contributed by atoms with Crippen molar-refractivity contribution >= 4 is 27.6 Å². The van der Waals surface area contributed by atoms with E-state index in [-0.39, 0.29) is 43.2 Å². The number of anilines is 1. The maximum absolute atomic E-state index is 12.6. The fraction of sp³-hybridized carbons (Fsp3) is 0.600. The van der Waals surface area contributed by atoms with Gasteiger partial charge in [-0.2, -0.15) is 0 Å². The van der Waals surface area contributed by atoms with E-state index in [1.807, 2.05) is 24.3 Å². The Morgan fingerprint density at radius 2 is 1.79 bits per heavy atom. The molecule has 3 amide bonds. The molecule has 29 heavy (non-hydrogen) atoms. The minimum Gasteiger partial charge on any atom is -0.355 e. The standard InChI is InChI=1S/C20H30N4O4S/c25-19(10-12-22-20(26)23-17-7-2-1-3-8-17)21-13-15-29(27,28)24-14-11-16-6-4-5-9-18(16)24/h4-6,9,17H,1-3,7-8,10-15H2,(H,21,25)(H2,22,23,26). The quantitative estimate of drug-likeness (QED) is 0.590. The second kappa shape index (κ2) is 9.96. The van der Waals surface area contributed by atoms with Crippen LogP contribution in [0.3, 0.4) is 0 Å². The van der Waals surface area contributed by atoms with Crippen molar-refractivity contribution in [2.24, 2.45) is 0 Å². The molecule has 1 aliphatic carbocycles. The molecule has 160 valence electrons. The molecule has 0 spiro atoms. The second-order valence-electron chi connectivity index (χ2n) is 7.60. The molecule has 1 fully saturated rings. The number of rotatable bonds is 8. The number of nitrogens with zero attached hydrogens (tertiary/aromatic N) is 1. The van der Waals surface area contributed by atoms with Crippen LogP contribution in [0.25, 0.3) is 0 Å². The molecule has 0 saturated heterocycles. The van der Waals surface area contributed by atoms with Gasteiger partial charge in [0.05, 0.1) is 11.4 Å². The van der Waals surface area contributed by atoms with E-state index >= 15 is 0 Å². The topological polar surface area (TPSA) is 108 Å². The molecular formula is C20H30N4O4S. The van der Waals surface area contributed by atoms with E-state index in [0.29, 0.717) is 13.0 Å². The number of para-hydroxylation sites is 1. The number of carbonyl (C=O) groups excluding carboxylic acids is 2. The van der Waals surface area contributed by atoms with Crippen molar-refractivity contribution in [1.82, 2.24) is 16.0 Å². The number of hydrogen-bond donors (Lipinski definition) is 3. The maximum Gasteiger partial charge on any atom is 0.315 e. The van der Waals surface area contributed by atoms with E-state index in [4.69, 9.17) is 0 Å². The predicted molar refractivity (Wildman–Crippen MR) is 112 cm³/mol. The molecule has 0 radical (unpaired) electrons. The van der Waals surface area contributed by atoms with Gasteiger partial charge in [0.25, 0.3) is 0 Å². The highest BCUT2D eigenvalue weighted by atomic mass is 32.2. The van der Waals surface area contributed by atoms with Crippen molar-refractivity contribution < 1.29 is 18.0 Å². The zero-order valence-corrected chi connectivity index (χ0v) is 17.5. The first-order chi connectivity index (χ1) is 14.0. The van der Waals surface area contributed by atoms with Crippen LogP contribution in [-0.4, -0.2) is 51.8 Å². The van der Waals surface area contributed by atoms with E-state index in [1.54, 1.807) is 0 Å². The van der Waals surface area contributed by atoms with Crippen molar-refractivity contribution in [1.29, 1.82) is 0 Å². The van der Waals surface area contributed by atoms with E-state index in [9.17, 15) is 18.0 Å². The third-order valence-electron chi connectivity index (χ3n) is 5.44. The predicted octanol–water partition coefficient (Wildman–Crippen LogP) is 1.52. The molecule has 3 rings (SSSR count). The van der Waals surface area contributed by atoms with Crippen molar-refractivity contribution in [3.05, 3.63) is 29.8 Å². The van der Waals surface area contributed by atoms with Gasteiger partial charge < -0.3 is 16.0 Å². The van der Waals surface area contributed by atoms with Crippen molar-refractivity contribution in [3.8, 4) is 0 Å². The van der Waals surface area contributed by atoms with E-state index in [2.05, 4.69) is 16.0 Å². The number of benzene rings is 1. The number of carbonyl (C=O) groups is 2. The zero-order chi connectivity index (χ0) is 20.7. The van der Waals surface area contributed by atoms with E-state index in [1.165, 1.54) is 10.7 Å². The highest BCUT2D eigenvalue weighted by molar-refractivity contribution is 7.92. The normalized spacial score (nSPS) is 16.9. The Morgan fingerprint density at radius 3 is 2.59 bits per heavy atom. The summed E-state index contributed by atoms with van der Waals surface area (Å²) in [6, 6.07) is 7.44. The van der Waals surface area contributed by atoms with Crippen LogP contribution in [0.1, 0.15) is 44.1 Å². The summed E-state index contributed by atoms with van der Waals surface area (Å²) in [4.78, 5) is 23.8. The molecule has 0 unspecified atom stereocenters. The Kier molecular flexibility index (Phi) is 7.35. The molecule has 1 heterocycles. The van der Waals surface area contributed by atoms with Crippen LogP contribution in [0.15, 0.2) is 24.3 Å². The fourth-order valence-electron chi connectivity index (χ4n) is 3.89. The smallest absolute Gasteiger partial charge is 0.315 e. The summed E-state index contributed by atoms with van der Waals surface area (Å²) >= 11 is 0. The van der Waals surface area contributed by atoms with E-state index in [0.717, 1.165) is 36.9 Å². The SMILES string of the molecule is O=C(CCNC(=O)NC1CCCCC1)NCCS(=O)(=O)N1CCc2ccccc21. The highest BCUT2D eigenvalue weighted by Crippen LogP contribution is 2.29. The molecular weight excluding hydrogens is 392 g/mol. The number of sulfonamides is 1. The fourth-order valence-corrected chi connectivity index (χ4v) is 5.32. The average Bonchev–Trinajstić information content (AvgIpc) is 3.14. The van der Waals surface area contributed by atoms with Crippen LogP contribution in [0, 0.1) is 0 Å². The lowest BCUT2D eigenvalue weighted by Crippen LogP contribution is -2.44. The van der Waals surface area contributed by atoms with Crippen LogP contribution in [-0.2, 0) is 21.2 Å². The molecule has 0 aromatic heterocycles. The molecule has 1 aliphatic heterocycles. The second-order valence-corrected chi connectivity index (χ2v) is 9.61. The first-order valence-corrected chi connectivity index (χ1v) is 12.0. The Labute approximate surface area is 172 Å². The molecule has 0 bridgehead atoms. The third kappa shape index (κ3) is 6.09. The minimum atomic E-state index is -3.48. The van der Waals surface area contributed by atoms with Crippen molar-refractivity contribution in [2.75, 3.05) is 29.7 Å². The van der Waals surface area contributed by atoms with Gasteiger partial charge in [-0.15, -0.1) is 0 Å². The van der Waals surface area contributed by atoms with Gasteiger partial charge in [0.1, 0.15) is 0 Å². The summed E-state index contributed by atoms with van der Waals surface area (Å²) in [5.41, 5.74) is 1.75. The summed E-state index contributed by atoms with van der Waals surface area (Å²) in [5.74, 6) is -0.428. The Bertz CT molecular complexity index is 822. The van der Waals surface area contributed by atoms with Gasteiger partial charge in [-0.25, -0.2) is 13.2 Å². The third-order valence-corrected chi connectivity index (χ3v) is 7.21. The number of urea groups is 1. The first-order valence-electron chi connectivity index (χ1n) is 10.3. The molecule has 0 atom stereocenters. The van der Waals surface area contributed by atoms with Gasteiger partial charge in [0.15, 0.2) is 0 Å². The van der Waals surface area contributed by atoms with Gasteiger partial charge in [0, 0.05) is 32.1 Å². The zero-order valence-electron chi connectivity index (χ0n) is 16.7. The monoisotopic (exact) mass is 422 g/mol. The Hall–Kier alpha value is -2.29. The highest BCUT2D eigenvalue weighted by Gasteiger charge is 2.28. The Balaban J connectivity index is 1.33. The van der Waals surface area contributed by atoms with Gasteiger partial charge >= 0.3 is 6.03 Å². The number of fused-ring (bicyclic) bond motifs is 1. The van der Waals surface area contributed by atoms with Crippen LogP contribution in [0.4, 0.5) is 10.5 Å².